The zero-order valence-corrected chi connectivity index (χ0v) is 19.4. The summed E-state index contributed by atoms with van der Waals surface area (Å²) in [6.07, 6.45) is 6.41. The summed E-state index contributed by atoms with van der Waals surface area (Å²) >= 11 is 1.57. The number of rotatable bonds is 9. The molecule has 1 atom stereocenters. The Bertz CT molecular complexity index is 594. The van der Waals surface area contributed by atoms with Gasteiger partial charge in [-0.25, -0.2) is 5.43 Å². The number of nitrogens with zero attached hydrogens (tertiary/aromatic N) is 2. The molecule has 2 amide bonds. The van der Waals surface area contributed by atoms with Gasteiger partial charge in [-0.3, -0.25) is 14.4 Å². The predicted octanol–water partition coefficient (Wildman–Crippen LogP) is 2.93. The number of amides is 2. The Morgan fingerprint density at radius 2 is 1.90 bits per heavy atom. The van der Waals surface area contributed by atoms with Crippen LogP contribution in [0.3, 0.4) is 0 Å². The van der Waals surface area contributed by atoms with Crippen molar-refractivity contribution >= 4 is 46.9 Å². The fraction of sp³-hybridized carbons (Fsp3) is 0.800. The number of amidine groups is 1. The molecule has 0 aromatic rings. The van der Waals surface area contributed by atoms with Gasteiger partial charge in [-0.1, -0.05) is 51.8 Å². The van der Waals surface area contributed by atoms with Crippen molar-refractivity contribution < 1.29 is 14.4 Å². The normalized spacial score (nSPS) is 19.7. The monoisotopic (exact) mass is 446 g/mol. The Balaban J connectivity index is 0.00000420. The smallest absolute Gasteiger partial charge is 0.309 e. The Morgan fingerprint density at radius 3 is 2.52 bits per heavy atom. The molecule has 0 radical (unpaired) electrons. The first-order valence-electron chi connectivity index (χ1n) is 10.5. The molecule has 0 aromatic heterocycles. The molecule has 1 saturated heterocycles. The highest BCUT2D eigenvalue weighted by Crippen LogP contribution is 2.24. The Morgan fingerprint density at radius 1 is 1.21 bits per heavy atom. The third kappa shape index (κ3) is 8.16. The first kappa shape index (κ1) is 25.8. The summed E-state index contributed by atoms with van der Waals surface area (Å²) in [4.78, 5) is 39.8. The molecule has 1 aliphatic carbocycles. The van der Waals surface area contributed by atoms with E-state index in [0.717, 1.165) is 62.5 Å². The van der Waals surface area contributed by atoms with Crippen LogP contribution in [0.5, 0.6) is 0 Å². The maximum Gasteiger partial charge on any atom is 0.309 e. The first-order chi connectivity index (χ1) is 13.4. The highest BCUT2D eigenvalue weighted by Gasteiger charge is 2.31. The Hall–Kier alpha value is -1.28. The minimum atomic E-state index is -0.794. The second kappa shape index (κ2) is 13.1. The maximum atomic E-state index is 12.7. The second-order valence-corrected chi connectivity index (χ2v) is 9.12. The number of Topliss-reactive ketones (excluding diaryl/α,β-unsaturated/α-hetero) is 1. The number of hydrogen-bond acceptors (Lipinski definition) is 5. The molecule has 9 heteroatoms. The summed E-state index contributed by atoms with van der Waals surface area (Å²) in [7, 11) is 0. The largest absolute Gasteiger partial charge is 0.349 e. The summed E-state index contributed by atoms with van der Waals surface area (Å²) in [5.41, 5.74) is 2.40. The molecule has 1 aliphatic heterocycles. The summed E-state index contributed by atoms with van der Waals surface area (Å²) in [5.74, 6) is -0.408. The third-order valence-electron chi connectivity index (χ3n) is 5.15. The van der Waals surface area contributed by atoms with Crippen molar-refractivity contribution in [2.24, 2.45) is 16.9 Å². The molecule has 0 bridgehead atoms. The van der Waals surface area contributed by atoms with Crippen LogP contribution in [0.15, 0.2) is 5.10 Å². The van der Waals surface area contributed by atoms with Crippen LogP contribution < -0.4 is 10.7 Å². The number of thioether (sulfide) groups is 1. The number of nitrogens with one attached hydrogen (secondary N) is 2. The highest BCUT2D eigenvalue weighted by atomic mass is 35.5. The van der Waals surface area contributed by atoms with E-state index in [2.05, 4.69) is 27.7 Å². The van der Waals surface area contributed by atoms with Crippen molar-refractivity contribution in [2.45, 2.75) is 71.8 Å². The van der Waals surface area contributed by atoms with E-state index < -0.39 is 17.7 Å². The minimum absolute atomic E-state index is 0. The summed E-state index contributed by atoms with van der Waals surface area (Å²) < 4.78 is 0. The fourth-order valence-electron chi connectivity index (χ4n) is 3.68. The topological polar surface area (TPSA) is 90.9 Å². The molecule has 1 saturated carbocycles. The lowest BCUT2D eigenvalue weighted by Gasteiger charge is -2.25. The second-order valence-electron chi connectivity index (χ2n) is 8.06. The molecular weight excluding hydrogens is 412 g/mol. The van der Waals surface area contributed by atoms with E-state index in [1.165, 1.54) is 0 Å². The van der Waals surface area contributed by atoms with Gasteiger partial charge < -0.3 is 10.2 Å². The third-order valence-corrected chi connectivity index (χ3v) is 6.14. The number of ketones is 1. The molecule has 0 unspecified atom stereocenters. The lowest BCUT2D eigenvalue weighted by molar-refractivity contribution is -0.140. The van der Waals surface area contributed by atoms with Crippen molar-refractivity contribution in [1.29, 1.82) is 0 Å². The molecule has 2 N–H and O–H groups in total. The van der Waals surface area contributed by atoms with Gasteiger partial charge in [0, 0.05) is 24.8 Å². The first-order valence-corrected chi connectivity index (χ1v) is 11.5. The fourth-order valence-corrected chi connectivity index (χ4v) is 4.65. The average molecular weight is 447 g/mol. The van der Waals surface area contributed by atoms with Gasteiger partial charge in [0.05, 0.1) is 6.04 Å². The van der Waals surface area contributed by atoms with Crippen LogP contribution in [0.1, 0.15) is 65.7 Å². The van der Waals surface area contributed by atoms with Crippen LogP contribution in [-0.4, -0.2) is 52.5 Å². The SMILES string of the molecule is CCCN1CCS/C1=N\NC(=O)C(=O)[C@H](CC(C)C)NC(=O)C1CCCCC1.Cl. The van der Waals surface area contributed by atoms with Crippen molar-refractivity contribution in [2.75, 3.05) is 18.8 Å². The Kier molecular flexibility index (Phi) is 11.6. The van der Waals surface area contributed by atoms with Crippen LogP contribution in [-0.2, 0) is 14.4 Å². The van der Waals surface area contributed by atoms with Gasteiger partial charge in [0.1, 0.15) is 0 Å². The van der Waals surface area contributed by atoms with Gasteiger partial charge in [0.15, 0.2) is 5.17 Å². The number of hydrazone groups is 1. The van der Waals surface area contributed by atoms with Crippen molar-refractivity contribution in [3.8, 4) is 0 Å². The van der Waals surface area contributed by atoms with E-state index in [0.29, 0.717) is 6.42 Å². The quantitative estimate of drug-likeness (QED) is 0.419. The van der Waals surface area contributed by atoms with E-state index in [1.54, 1.807) is 11.8 Å². The molecule has 166 valence electrons. The van der Waals surface area contributed by atoms with Gasteiger partial charge in [0.2, 0.25) is 11.7 Å². The van der Waals surface area contributed by atoms with E-state index in [1.807, 2.05) is 13.8 Å². The number of carbonyl (C=O) groups excluding carboxylic acids is 3. The van der Waals surface area contributed by atoms with Crippen molar-refractivity contribution in [3.05, 3.63) is 0 Å². The summed E-state index contributed by atoms with van der Waals surface area (Å²) in [5, 5.41) is 7.73. The molecule has 7 nitrogen and oxygen atoms in total. The highest BCUT2D eigenvalue weighted by molar-refractivity contribution is 8.14. The lowest BCUT2D eigenvalue weighted by Crippen LogP contribution is -2.49. The van der Waals surface area contributed by atoms with Gasteiger partial charge in [-0.2, -0.15) is 0 Å². The van der Waals surface area contributed by atoms with E-state index >= 15 is 0 Å². The number of carbonyl (C=O) groups is 3. The van der Waals surface area contributed by atoms with Crippen LogP contribution in [0.25, 0.3) is 0 Å². The predicted molar refractivity (Wildman–Crippen MR) is 120 cm³/mol. The van der Waals surface area contributed by atoms with Gasteiger partial charge >= 0.3 is 5.91 Å². The van der Waals surface area contributed by atoms with Gasteiger partial charge in [-0.15, -0.1) is 17.5 Å². The summed E-state index contributed by atoms with van der Waals surface area (Å²) in [6, 6.07) is -0.794. The van der Waals surface area contributed by atoms with Gasteiger partial charge in [-0.05, 0) is 31.6 Å². The van der Waals surface area contributed by atoms with E-state index in [4.69, 9.17) is 0 Å². The van der Waals surface area contributed by atoms with Crippen LogP contribution in [0.2, 0.25) is 0 Å². The zero-order chi connectivity index (χ0) is 20.5. The number of halogens is 1. The molecule has 2 aliphatic rings. The molecule has 29 heavy (non-hydrogen) atoms. The summed E-state index contributed by atoms with van der Waals surface area (Å²) in [6.45, 7) is 7.82. The standard InChI is InChI=1S/C20H34N4O3S.ClH/c1-4-10-24-11-12-28-20(24)23-22-19(27)17(25)16(13-14(2)3)21-18(26)15-8-6-5-7-9-15;/h14-16H,4-13H2,1-3H3,(H,21,26)(H,22,27);1H/b23-20-;/t16-;/m0./s1. The molecule has 1 heterocycles. The molecule has 2 fully saturated rings. The molecule has 2 rings (SSSR count). The van der Waals surface area contributed by atoms with Crippen molar-refractivity contribution in [3.63, 3.8) is 0 Å². The van der Waals surface area contributed by atoms with Crippen molar-refractivity contribution in [1.82, 2.24) is 15.6 Å². The average Bonchev–Trinajstić information content (AvgIpc) is 3.12. The minimum Gasteiger partial charge on any atom is -0.349 e. The maximum absolute atomic E-state index is 12.7. The van der Waals surface area contributed by atoms with E-state index in [-0.39, 0.29) is 30.2 Å². The van der Waals surface area contributed by atoms with E-state index in [9.17, 15) is 14.4 Å². The number of hydrogen-bond donors (Lipinski definition) is 2. The van der Waals surface area contributed by atoms with Crippen LogP contribution in [0.4, 0.5) is 0 Å². The molecular formula is C20H35ClN4O3S. The lowest BCUT2D eigenvalue weighted by atomic mass is 9.88. The Labute approximate surface area is 184 Å². The van der Waals surface area contributed by atoms with Crippen LogP contribution in [0, 0.1) is 11.8 Å². The zero-order valence-electron chi connectivity index (χ0n) is 17.7. The molecule has 0 spiro atoms. The molecule has 0 aromatic carbocycles. The van der Waals surface area contributed by atoms with Gasteiger partial charge in [0.25, 0.3) is 0 Å². The van der Waals surface area contributed by atoms with Crippen LogP contribution >= 0.6 is 24.2 Å².